The first-order valence-electron chi connectivity index (χ1n) is 23.3. The van der Waals surface area contributed by atoms with E-state index in [0.717, 1.165) is 39.0 Å². The van der Waals surface area contributed by atoms with Crippen molar-refractivity contribution in [3.8, 4) is 22.3 Å². The zero-order valence-corrected chi connectivity index (χ0v) is 38.9. The summed E-state index contributed by atoms with van der Waals surface area (Å²) in [7, 11) is 0. The Kier molecular flexibility index (Phi) is 9.49. The Bertz CT molecular complexity index is 3360. The monoisotopic (exact) mass is 843 g/mol. The SMILES string of the molecule is CC(C)(C)c1cc(-c2cccc3cccc(-c4ccccc4N(c4ccc5oc6ccccc6c5c4)c4ccccc4C4=CC5C(C=C4)c4ccccc4C5(C)C)c23)cc(C(C)(C)C)c1. The maximum absolute atomic E-state index is 6.42. The molecular weight excluding hydrogens is 787 g/mol. The molecule has 2 nitrogen and oxygen atoms in total. The summed E-state index contributed by atoms with van der Waals surface area (Å²) in [6.07, 6.45) is 7.40. The predicted molar refractivity (Wildman–Crippen MR) is 277 cm³/mol. The molecule has 0 bridgehead atoms. The van der Waals surface area contributed by atoms with Gasteiger partial charge in [-0.3, -0.25) is 0 Å². The van der Waals surface area contributed by atoms with Gasteiger partial charge in [-0.1, -0.05) is 207 Å². The molecular formula is C63H57NO. The van der Waals surface area contributed by atoms with Gasteiger partial charge >= 0.3 is 0 Å². The molecule has 2 unspecified atom stereocenters. The van der Waals surface area contributed by atoms with Crippen molar-refractivity contribution in [1.29, 1.82) is 0 Å². The number of nitrogens with zero attached hydrogens (tertiary/aromatic N) is 1. The van der Waals surface area contributed by atoms with Gasteiger partial charge in [-0.05, 0) is 114 Å². The van der Waals surface area contributed by atoms with Gasteiger partial charge in [-0.25, -0.2) is 0 Å². The first-order valence-corrected chi connectivity index (χ1v) is 23.3. The lowest BCUT2D eigenvalue weighted by molar-refractivity contribution is 0.395. The molecule has 1 aromatic heterocycles. The van der Waals surface area contributed by atoms with E-state index in [0.29, 0.717) is 11.8 Å². The lowest BCUT2D eigenvalue weighted by atomic mass is 9.72. The van der Waals surface area contributed by atoms with Gasteiger partial charge in [0.25, 0.3) is 0 Å². The van der Waals surface area contributed by atoms with Crippen LogP contribution in [0.25, 0.3) is 60.5 Å². The Hall–Kier alpha value is -6.90. The third kappa shape index (κ3) is 6.85. The van der Waals surface area contributed by atoms with Gasteiger partial charge in [0.1, 0.15) is 11.2 Å². The summed E-state index contributed by atoms with van der Waals surface area (Å²) in [6.45, 7) is 18.8. The van der Waals surface area contributed by atoms with Gasteiger partial charge in [0.2, 0.25) is 0 Å². The van der Waals surface area contributed by atoms with E-state index >= 15 is 0 Å². The lowest BCUT2D eigenvalue weighted by Crippen LogP contribution is -2.25. The van der Waals surface area contributed by atoms with Crippen LogP contribution in [0.15, 0.2) is 193 Å². The second-order valence-electron chi connectivity index (χ2n) is 21.0. The van der Waals surface area contributed by atoms with Crippen molar-refractivity contribution in [2.75, 3.05) is 4.90 Å². The molecule has 0 fully saturated rings. The second-order valence-corrected chi connectivity index (χ2v) is 21.0. The molecule has 0 saturated carbocycles. The minimum atomic E-state index is -0.00724. The number of fused-ring (bicyclic) bond motifs is 7. The molecule has 8 aromatic carbocycles. The first-order chi connectivity index (χ1) is 31.3. The first kappa shape index (κ1) is 40.8. The highest BCUT2D eigenvalue weighted by Crippen LogP contribution is 2.55. The van der Waals surface area contributed by atoms with Gasteiger partial charge in [-0.15, -0.1) is 0 Å². The molecule has 0 N–H and O–H groups in total. The normalized spacial score (nSPS) is 16.8. The van der Waals surface area contributed by atoms with E-state index in [4.69, 9.17) is 4.42 Å². The number of anilines is 3. The molecule has 9 aromatic rings. The van der Waals surface area contributed by atoms with Gasteiger partial charge in [0.15, 0.2) is 0 Å². The van der Waals surface area contributed by atoms with Crippen molar-refractivity contribution in [1.82, 2.24) is 0 Å². The second kappa shape index (κ2) is 15.1. The van der Waals surface area contributed by atoms with E-state index in [1.165, 1.54) is 66.4 Å². The summed E-state index contributed by atoms with van der Waals surface area (Å²) in [5.74, 6) is 0.696. The predicted octanol–water partition coefficient (Wildman–Crippen LogP) is 17.8. The van der Waals surface area contributed by atoms with Crippen molar-refractivity contribution < 1.29 is 4.42 Å². The Morgan fingerprint density at radius 3 is 1.86 bits per heavy atom. The Balaban J connectivity index is 1.15. The molecule has 65 heavy (non-hydrogen) atoms. The molecule has 2 aliphatic carbocycles. The topological polar surface area (TPSA) is 16.4 Å². The molecule has 2 atom stereocenters. The summed E-state index contributed by atoms with van der Waals surface area (Å²) in [4.78, 5) is 2.50. The fourth-order valence-electron chi connectivity index (χ4n) is 10.9. The summed E-state index contributed by atoms with van der Waals surface area (Å²) in [5.41, 5.74) is 18.0. The highest BCUT2D eigenvalue weighted by atomic mass is 16.3. The zero-order valence-electron chi connectivity index (χ0n) is 38.9. The van der Waals surface area contributed by atoms with Crippen LogP contribution in [-0.4, -0.2) is 0 Å². The molecule has 0 amide bonds. The fourth-order valence-corrected chi connectivity index (χ4v) is 10.9. The molecule has 2 heteroatoms. The third-order valence-electron chi connectivity index (χ3n) is 14.5. The molecule has 320 valence electrons. The van der Waals surface area contributed by atoms with E-state index in [1.807, 2.05) is 6.07 Å². The van der Waals surface area contributed by atoms with Crippen LogP contribution >= 0.6 is 0 Å². The average molecular weight is 844 g/mol. The van der Waals surface area contributed by atoms with E-state index in [2.05, 4.69) is 242 Å². The van der Waals surface area contributed by atoms with Crippen molar-refractivity contribution in [2.24, 2.45) is 5.92 Å². The van der Waals surface area contributed by atoms with E-state index in [-0.39, 0.29) is 16.2 Å². The van der Waals surface area contributed by atoms with Crippen molar-refractivity contribution in [2.45, 2.75) is 77.6 Å². The van der Waals surface area contributed by atoms with Gasteiger partial charge in [0, 0.05) is 33.5 Å². The smallest absolute Gasteiger partial charge is 0.135 e. The molecule has 0 saturated heterocycles. The molecule has 1 heterocycles. The summed E-state index contributed by atoms with van der Waals surface area (Å²) >= 11 is 0. The maximum Gasteiger partial charge on any atom is 0.135 e. The third-order valence-corrected chi connectivity index (χ3v) is 14.5. The van der Waals surface area contributed by atoms with E-state index in [9.17, 15) is 0 Å². The molecule has 11 rings (SSSR count). The number of hydrogen-bond acceptors (Lipinski definition) is 2. The molecule has 0 radical (unpaired) electrons. The zero-order chi connectivity index (χ0) is 44.8. The van der Waals surface area contributed by atoms with E-state index < -0.39 is 0 Å². The Morgan fingerprint density at radius 2 is 1.12 bits per heavy atom. The van der Waals surface area contributed by atoms with Crippen LogP contribution in [0.4, 0.5) is 17.1 Å². The fraction of sp³-hybridized carbons (Fsp3) is 0.206. The number of rotatable bonds is 6. The Labute approximate surface area is 384 Å². The number of benzene rings is 8. The van der Waals surface area contributed by atoms with Crippen LogP contribution < -0.4 is 4.90 Å². The number of para-hydroxylation sites is 3. The average Bonchev–Trinajstić information content (AvgIpc) is 3.79. The molecule has 0 aliphatic heterocycles. The van der Waals surface area contributed by atoms with Crippen LogP contribution in [0.5, 0.6) is 0 Å². The van der Waals surface area contributed by atoms with Crippen LogP contribution in [0.3, 0.4) is 0 Å². The van der Waals surface area contributed by atoms with Crippen molar-refractivity contribution in [3.63, 3.8) is 0 Å². The van der Waals surface area contributed by atoms with Crippen LogP contribution in [0, 0.1) is 5.92 Å². The highest BCUT2D eigenvalue weighted by Gasteiger charge is 2.45. The summed E-state index contributed by atoms with van der Waals surface area (Å²) < 4.78 is 6.42. The largest absolute Gasteiger partial charge is 0.456 e. The standard InChI is InChI=1S/C63H57NO/c1-61(2,3)43-35-42(36-44(38-43)62(4,5)6)47-25-17-19-40-20-18-26-52(60(40)47)50-23-11-15-29-57(50)64(45-32-34-59-53(39-45)51-24-12-16-30-58(51)65-59)56-28-14-10-21-46(56)41-31-33-49-48-22-9-13-27-54(48)63(7,8)55(49)37-41/h9-39,49,55H,1-8H3. The Morgan fingerprint density at radius 1 is 0.523 bits per heavy atom. The maximum atomic E-state index is 6.42. The summed E-state index contributed by atoms with van der Waals surface area (Å²) in [5, 5.41) is 4.69. The van der Waals surface area contributed by atoms with Gasteiger partial charge in [-0.2, -0.15) is 0 Å². The number of furan rings is 1. The molecule has 2 aliphatic rings. The van der Waals surface area contributed by atoms with Gasteiger partial charge in [0.05, 0.1) is 11.4 Å². The van der Waals surface area contributed by atoms with E-state index in [1.54, 1.807) is 0 Å². The number of allylic oxidation sites excluding steroid dienone is 4. The minimum Gasteiger partial charge on any atom is -0.456 e. The minimum absolute atomic E-state index is 0.00199. The van der Waals surface area contributed by atoms with Crippen LogP contribution in [0.2, 0.25) is 0 Å². The van der Waals surface area contributed by atoms with Crippen molar-refractivity contribution >= 4 is 55.3 Å². The van der Waals surface area contributed by atoms with Gasteiger partial charge < -0.3 is 9.32 Å². The lowest BCUT2D eigenvalue weighted by Gasteiger charge is -2.33. The number of hydrogen-bond donors (Lipinski definition) is 0. The quantitative estimate of drug-likeness (QED) is 0.166. The summed E-state index contributed by atoms with van der Waals surface area (Å²) in [6, 6.07) is 63.1. The molecule has 0 spiro atoms. The van der Waals surface area contributed by atoms with Crippen molar-refractivity contribution in [3.05, 3.63) is 216 Å². The van der Waals surface area contributed by atoms with Crippen LogP contribution in [-0.2, 0) is 16.2 Å². The van der Waals surface area contributed by atoms with Crippen LogP contribution in [0.1, 0.15) is 89.1 Å². The highest BCUT2D eigenvalue weighted by molar-refractivity contribution is 6.10.